The Morgan fingerprint density at radius 2 is 1.66 bits per heavy atom. The molecule has 14 nitrogen and oxygen atoms in total. The lowest BCUT2D eigenvalue weighted by Crippen LogP contribution is -2.51. The van der Waals surface area contributed by atoms with Crippen LogP contribution < -0.4 is 15.4 Å². The first kappa shape index (κ1) is 38.7. The minimum atomic E-state index is -4.15. The van der Waals surface area contributed by atoms with E-state index in [1.807, 2.05) is 29.2 Å². The molecule has 17 heteroatoms. The maximum absolute atomic E-state index is 15.6. The van der Waals surface area contributed by atoms with E-state index >= 15 is 4.39 Å². The van der Waals surface area contributed by atoms with E-state index in [9.17, 15) is 27.5 Å². The number of carbonyl (C=O) groups excluding carboxylic acids is 2. The first-order valence-electron chi connectivity index (χ1n) is 18.4. The molecule has 5 aromatic rings. The smallest absolute Gasteiger partial charge is 0.301 e. The predicted molar refractivity (Wildman–Crippen MR) is 208 cm³/mol. The van der Waals surface area contributed by atoms with Crippen LogP contribution in [0.2, 0.25) is 0 Å². The van der Waals surface area contributed by atoms with Crippen molar-refractivity contribution in [1.82, 2.24) is 29.1 Å². The number of rotatable bonds is 11. The molecule has 5 N–H and O–H groups in total. The highest BCUT2D eigenvalue weighted by atomic mass is 32.2. The Balaban J connectivity index is 0.985. The van der Waals surface area contributed by atoms with Crippen LogP contribution in [0, 0.1) is 11.6 Å². The van der Waals surface area contributed by atoms with Gasteiger partial charge in [-0.3, -0.25) is 14.3 Å². The van der Waals surface area contributed by atoms with Crippen molar-refractivity contribution in [3.05, 3.63) is 95.6 Å². The van der Waals surface area contributed by atoms with Crippen LogP contribution in [-0.4, -0.2) is 99.7 Å². The molecule has 0 atom stereocenters. The Morgan fingerprint density at radius 1 is 1.00 bits per heavy atom. The third kappa shape index (κ3) is 7.92. The van der Waals surface area contributed by atoms with Crippen LogP contribution in [-0.2, 0) is 15.0 Å². The Bertz CT molecular complexity index is 2360. The number of fused-ring (bicyclic) bond motifs is 1. The number of aromatic nitrogens is 4. The predicted octanol–water partition coefficient (Wildman–Crippen LogP) is 4.85. The number of nitrogens with two attached hydrogens (primary N) is 1. The number of pyridine rings is 1. The van der Waals surface area contributed by atoms with Crippen molar-refractivity contribution in [3.8, 4) is 11.1 Å². The van der Waals surface area contributed by atoms with Crippen molar-refractivity contribution in [2.24, 2.45) is 0 Å². The van der Waals surface area contributed by atoms with Gasteiger partial charge in [0.1, 0.15) is 11.5 Å². The van der Waals surface area contributed by atoms with Gasteiger partial charge < -0.3 is 25.6 Å². The maximum atomic E-state index is 15.6. The molecular formula is C39H43F2N9O5S. The minimum Gasteiger partial charge on any atom is -0.399 e. The van der Waals surface area contributed by atoms with Crippen molar-refractivity contribution < 1.29 is 31.9 Å². The van der Waals surface area contributed by atoms with Crippen LogP contribution in [0.25, 0.3) is 22.2 Å². The fourth-order valence-electron chi connectivity index (χ4n) is 7.33. The van der Waals surface area contributed by atoms with Crippen molar-refractivity contribution in [2.75, 3.05) is 55.1 Å². The zero-order chi connectivity index (χ0) is 39.8. The number of nitrogens with one attached hydrogen (secondary N) is 2. The molecule has 0 spiro atoms. The zero-order valence-electron chi connectivity index (χ0n) is 31.0. The summed E-state index contributed by atoms with van der Waals surface area (Å²) in [4.78, 5) is 46.9. The van der Waals surface area contributed by atoms with Gasteiger partial charge in [-0.25, -0.2) is 23.7 Å². The summed E-state index contributed by atoms with van der Waals surface area (Å²) in [6.07, 6.45) is 8.89. The molecule has 1 saturated heterocycles. The van der Waals surface area contributed by atoms with E-state index in [1.54, 1.807) is 36.5 Å². The van der Waals surface area contributed by atoms with Gasteiger partial charge in [-0.05, 0) is 67.5 Å². The lowest BCUT2D eigenvalue weighted by atomic mass is 9.74. The number of H-pyrrole nitrogens is 1. The number of anilines is 3. The molecule has 2 aliphatic rings. The summed E-state index contributed by atoms with van der Waals surface area (Å²) in [5.74, 6) is -2.76. The standard InChI is InChI=1S/C39H43F2N9O5S/c1-3-48(2)56(54,55)47-32-9-8-31(40)34(35(32)41)36(52)30-23-44-37-29(30)18-26(20-43-37)27-21-45-38(46-22-27)50-16-14-49(15-17-50)33(51)19-39(53)12-10-25(11-13-39)24-4-6-28(42)7-5-24/h4-9,18,20-23,25,47,53H,3,10-17,19,42H2,1-2H3,(H,43,44)/t25-,39+. The first-order chi connectivity index (χ1) is 26.7. The number of ketones is 1. The maximum Gasteiger partial charge on any atom is 0.301 e. The molecular weight excluding hydrogens is 745 g/mol. The van der Waals surface area contributed by atoms with E-state index in [0.29, 0.717) is 67.7 Å². The summed E-state index contributed by atoms with van der Waals surface area (Å²) in [7, 11) is -2.85. The summed E-state index contributed by atoms with van der Waals surface area (Å²) < 4.78 is 58.6. The number of aliphatic hydroxyl groups is 1. The summed E-state index contributed by atoms with van der Waals surface area (Å²) >= 11 is 0. The fraction of sp³-hybridized carbons (Fsp3) is 0.359. The van der Waals surface area contributed by atoms with Crippen molar-refractivity contribution >= 4 is 50.3 Å². The second-order valence-electron chi connectivity index (χ2n) is 14.4. The fourth-order valence-corrected chi connectivity index (χ4v) is 8.26. The average Bonchev–Trinajstić information content (AvgIpc) is 3.63. The minimum absolute atomic E-state index is 0.0672. The highest BCUT2D eigenvalue weighted by Gasteiger charge is 2.37. The Morgan fingerprint density at radius 3 is 2.32 bits per heavy atom. The number of nitrogen functional groups attached to an aromatic ring is 1. The van der Waals surface area contributed by atoms with E-state index in [4.69, 9.17) is 5.73 Å². The van der Waals surface area contributed by atoms with Crippen LogP contribution in [0.4, 0.5) is 26.1 Å². The highest BCUT2D eigenvalue weighted by molar-refractivity contribution is 7.90. The molecule has 0 bridgehead atoms. The van der Waals surface area contributed by atoms with Gasteiger partial charge in [0.05, 0.1) is 23.3 Å². The second kappa shape index (κ2) is 15.5. The number of halogens is 2. The topological polar surface area (TPSA) is 191 Å². The average molecular weight is 788 g/mol. The molecule has 1 aliphatic heterocycles. The number of nitrogens with zero attached hydrogens (tertiary/aromatic N) is 6. The molecule has 1 saturated carbocycles. The number of hydrogen-bond donors (Lipinski definition) is 4. The molecule has 1 amide bonds. The van der Waals surface area contributed by atoms with Gasteiger partial charge in [0, 0.05) is 92.3 Å². The molecule has 1 aliphatic carbocycles. The van der Waals surface area contributed by atoms with Crippen LogP contribution in [0.3, 0.4) is 0 Å². The van der Waals surface area contributed by atoms with E-state index in [2.05, 4.69) is 24.7 Å². The SMILES string of the molecule is CCN(C)S(=O)(=O)Nc1ccc(F)c(C(=O)c2c[nH]c3ncc(-c4cnc(N5CCN(C(=O)C[C@]6(O)CC[C@@H](c7ccc(N)cc7)CC6)CC5)nc4)cc23)c1F. The largest absolute Gasteiger partial charge is 0.399 e. The first-order valence-corrected chi connectivity index (χ1v) is 19.9. The lowest BCUT2D eigenvalue weighted by molar-refractivity contribution is -0.138. The summed E-state index contributed by atoms with van der Waals surface area (Å²) in [5.41, 5.74) is 6.59. The summed E-state index contributed by atoms with van der Waals surface area (Å²) in [6.45, 7) is 3.64. The third-order valence-corrected chi connectivity index (χ3v) is 12.4. The monoisotopic (exact) mass is 787 g/mol. The molecule has 294 valence electrons. The molecule has 0 radical (unpaired) electrons. The Hall–Kier alpha value is -5.52. The van der Waals surface area contributed by atoms with Gasteiger partial charge in [-0.15, -0.1) is 0 Å². The van der Waals surface area contributed by atoms with Crippen molar-refractivity contribution in [2.45, 2.75) is 50.5 Å². The molecule has 2 fully saturated rings. The molecule has 3 aromatic heterocycles. The normalized spacial score (nSPS) is 19.1. The Labute approximate surface area is 322 Å². The second-order valence-corrected chi connectivity index (χ2v) is 16.2. The van der Waals surface area contributed by atoms with Crippen LogP contribution in [0.15, 0.2) is 67.3 Å². The lowest BCUT2D eigenvalue weighted by Gasteiger charge is -2.39. The van der Waals surface area contributed by atoms with Gasteiger partial charge in [-0.2, -0.15) is 12.7 Å². The number of hydrogen-bond acceptors (Lipinski definition) is 10. The van der Waals surface area contributed by atoms with E-state index in [0.717, 1.165) is 35.0 Å². The van der Waals surface area contributed by atoms with Crippen LogP contribution in [0.1, 0.15) is 66.4 Å². The molecule has 56 heavy (non-hydrogen) atoms. The van der Waals surface area contributed by atoms with E-state index in [1.165, 1.54) is 18.8 Å². The molecule has 7 rings (SSSR count). The number of benzene rings is 2. The van der Waals surface area contributed by atoms with Gasteiger partial charge >= 0.3 is 10.2 Å². The summed E-state index contributed by atoms with van der Waals surface area (Å²) in [6, 6.07) is 11.2. The van der Waals surface area contributed by atoms with Crippen LogP contribution >= 0.6 is 0 Å². The Kier molecular flexibility index (Phi) is 10.8. The molecule has 4 heterocycles. The van der Waals surface area contributed by atoms with Crippen molar-refractivity contribution in [1.29, 1.82) is 0 Å². The molecule has 2 aromatic carbocycles. The highest BCUT2D eigenvalue weighted by Crippen LogP contribution is 2.40. The number of piperazine rings is 1. The van der Waals surface area contributed by atoms with E-state index < -0.39 is 44.5 Å². The zero-order valence-corrected chi connectivity index (χ0v) is 31.8. The summed E-state index contributed by atoms with van der Waals surface area (Å²) in [5, 5.41) is 11.6. The third-order valence-electron chi connectivity index (χ3n) is 10.9. The van der Waals surface area contributed by atoms with Gasteiger partial charge in [0.2, 0.25) is 17.6 Å². The molecule has 0 unspecified atom stereocenters. The van der Waals surface area contributed by atoms with Gasteiger partial charge in [0.25, 0.3) is 0 Å². The van der Waals surface area contributed by atoms with Gasteiger partial charge in [-0.1, -0.05) is 19.1 Å². The number of amides is 1. The quantitative estimate of drug-likeness (QED) is 0.106. The number of aromatic amines is 1. The van der Waals surface area contributed by atoms with Crippen molar-refractivity contribution in [3.63, 3.8) is 0 Å². The van der Waals surface area contributed by atoms with E-state index in [-0.39, 0.29) is 29.8 Å². The van der Waals surface area contributed by atoms with Gasteiger partial charge in [0.15, 0.2) is 5.82 Å². The number of carbonyl (C=O) groups is 2. The van der Waals surface area contributed by atoms with Crippen LogP contribution in [0.5, 0.6) is 0 Å².